The van der Waals surface area contributed by atoms with Crippen molar-refractivity contribution in [3.8, 4) is 22.6 Å². The van der Waals surface area contributed by atoms with Gasteiger partial charge in [-0.05, 0) is 46.5 Å². The summed E-state index contributed by atoms with van der Waals surface area (Å²) < 4.78 is 24.3. The van der Waals surface area contributed by atoms with E-state index in [1.807, 2.05) is 24.3 Å². The number of H-pyrrole nitrogens is 1. The maximum atomic E-state index is 12.8. The second-order valence-corrected chi connectivity index (χ2v) is 11.8. The number of nitrogens with one attached hydrogen (secondary N) is 3. The van der Waals surface area contributed by atoms with Crippen LogP contribution in [0.25, 0.3) is 22.3 Å². The summed E-state index contributed by atoms with van der Waals surface area (Å²) in [7, 11) is 1.58. The molecule has 14 heteroatoms. The fourth-order valence-electron chi connectivity index (χ4n) is 6.27. The number of carbonyl (C=O) groups is 1. The standard InChI is InChI=1S/C35H36N6O8/c1-46-20-10-12-21(13-11-20)47-18-28-27(42)16-30(49-28)41-19-37-31-32(41)39-34(40-33(31)44)38-29(43)14-15-36-35(45)48-17-26-24-8-4-2-6-22(24)23-7-3-5-9-25(23)26/h2-13,19,26-28,30,35-36,42,45H,14-18H2,1H3,(H2,38,39,40,43,44)/t27?,28-,30-,35?/m1/s1. The first-order chi connectivity index (χ1) is 23.9. The van der Waals surface area contributed by atoms with Crippen molar-refractivity contribution in [2.24, 2.45) is 0 Å². The van der Waals surface area contributed by atoms with Gasteiger partial charge in [0, 0.05) is 25.3 Å². The average molecular weight is 669 g/mol. The molecule has 1 aliphatic heterocycles. The van der Waals surface area contributed by atoms with Crippen molar-refractivity contribution in [2.75, 3.05) is 32.2 Å². The molecule has 3 aromatic carbocycles. The molecule has 7 rings (SSSR count). The van der Waals surface area contributed by atoms with Gasteiger partial charge in [-0.15, -0.1) is 0 Å². The number of aromatic amines is 1. The molecule has 14 nitrogen and oxygen atoms in total. The lowest BCUT2D eigenvalue weighted by molar-refractivity contribution is -0.124. The molecule has 1 aliphatic carbocycles. The van der Waals surface area contributed by atoms with Crippen LogP contribution < -0.4 is 25.7 Å². The molecular formula is C35H36N6O8. The van der Waals surface area contributed by atoms with Crippen molar-refractivity contribution >= 4 is 23.0 Å². The number of imidazole rings is 1. The van der Waals surface area contributed by atoms with E-state index in [1.165, 1.54) is 6.33 Å². The summed E-state index contributed by atoms with van der Waals surface area (Å²) in [4.78, 5) is 36.6. The summed E-state index contributed by atoms with van der Waals surface area (Å²) >= 11 is 0. The van der Waals surface area contributed by atoms with Crippen LogP contribution in [0.4, 0.5) is 5.95 Å². The third kappa shape index (κ3) is 6.90. The lowest BCUT2D eigenvalue weighted by Gasteiger charge is -2.18. The Bertz CT molecular complexity index is 1950. The van der Waals surface area contributed by atoms with Gasteiger partial charge < -0.3 is 29.2 Å². The summed E-state index contributed by atoms with van der Waals surface area (Å²) in [6.45, 7) is 0.455. The highest BCUT2D eigenvalue weighted by Crippen LogP contribution is 2.44. The molecule has 5 aromatic rings. The highest BCUT2D eigenvalue weighted by Gasteiger charge is 2.36. The number of aromatic nitrogens is 4. The van der Waals surface area contributed by atoms with Crippen LogP contribution in [0.3, 0.4) is 0 Å². The number of aliphatic hydroxyl groups is 2. The van der Waals surface area contributed by atoms with Crippen molar-refractivity contribution < 1.29 is 34.0 Å². The summed E-state index contributed by atoms with van der Waals surface area (Å²) in [5, 5.41) is 26.5. The Labute approximate surface area is 280 Å². The zero-order valence-corrected chi connectivity index (χ0v) is 26.6. The van der Waals surface area contributed by atoms with E-state index in [0.29, 0.717) is 11.5 Å². The predicted molar refractivity (Wildman–Crippen MR) is 178 cm³/mol. The van der Waals surface area contributed by atoms with Crippen molar-refractivity contribution in [1.82, 2.24) is 24.8 Å². The number of ether oxygens (including phenoxy) is 4. The van der Waals surface area contributed by atoms with Crippen LogP contribution in [0.15, 0.2) is 83.9 Å². The van der Waals surface area contributed by atoms with E-state index in [-0.39, 0.29) is 55.6 Å². The second-order valence-electron chi connectivity index (χ2n) is 11.8. The summed E-state index contributed by atoms with van der Waals surface area (Å²) in [5.41, 5.74) is 4.30. The lowest BCUT2D eigenvalue weighted by atomic mass is 9.98. The van der Waals surface area contributed by atoms with Crippen LogP contribution in [-0.2, 0) is 14.3 Å². The molecule has 3 heterocycles. The van der Waals surface area contributed by atoms with Crippen LogP contribution in [0.1, 0.15) is 36.1 Å². The van der Waals surface area contributed by atoms with Gasteiger partial charge in [0.2, 0.25) is 18.3 Å². The van der Waals surface area contributed by atoms with Gasteiger partial charge in [-0.1, -0.05) is 48.5 Å². The predicted octanol–water partition coefficient (Wildman–Crippen LogP) is 2.88. The number of rotatable bonds is 13. The largest absolute Gasteiger partial charge is 0.497 e. The third-order valence-electron chi connectivity index (χ3n) is 8.73. The summed E-state index contributed by atoms with van der Waals surface area (Å²) in [5.74, 6) is 0.756. The zero-order chi connectivity index (χ0) is 33.9. The normalized spacial score (nSPS) is 19.0. The Hall–Kier alpha value is -5.12. The number of anilines is 1. The van der Waals surface area contributed by atoms with Crippen molar-refractivity contribution in [3.63, 3.8) is 0 Å². The zero-order valence-electron chi connectivity index (χ0n) is 26.6. The Kier molecular flexibility index (Phi) is 9.37. The van der Waals surface area contributed by atoms with Crippen LogP contribution in [-0.4, -0.2) is 81.1 Å². The lowest BCUT2D eigenvalue weighted by Crippen LogP contribution is -2.35. The van der Waals surface area contributed by atoms with Gasteiger partial charge in [0.1, 0.15) is 30.4 Å². The van der Waals surface area contributed by atoms with Gasteiger partial charge in [0.25, 0.3) is 5.56 Å². The third-order valence-corrected chi connectivity index (χ3v) is 8.73. The molecule has 254 valence electrons. The van der Waals surface area contributed by atoms with Crippen LogP contribution >= 0.6 is 0 Å². The van der Waals surface area contributed by atoms with Crippen LogP contribution in [0.5, 0.6) is 11.5 Å². The molecule has 0 spiro atoms. The van der Waals surface area contributed by atoms with Gasteiger partial charge in [0.15, 0.2) is 11.2 Å². The van der Waals surface area contributed by atoms with Crippen LogP contribution in [0, 0.1) is 0 Å². The number of fused-ring (bicyclic) bond motifs is 4. The molecule has 1 amide bonds. The average Bonchev–Trinajstić information content (AvgIpc) is 3.80. The summed E-state index contributed by atoms with van der Waals surface area (Å²) in [6.07, 6.45) is -1.83. The fraction of sp³-hybridized carbons (Fsp3) is 0.314. The number of hydrogen-bond donors (Lipinski definition) is 5. The maximum Gasteiger partial charge on any atom is 0.280 e. The number of benzene rings is 3. The number of carbonyl (C=O) groups excluding carboxylic acids is 1. The highest BCUT2D eigenvalue weighted by molar-refractivity contribution is 5.89. The summed E-state index contributed by atoms with van der Waals surface area (Å²) in [6, 6.07) is 23.3. The number of amides is 1. The molecule has 2 unspecified atom stereocenters. The number of methoxy groups -OCH3 is 1. The number of nitrogens with zero attached hydrogens (tertiary/aromatic N) is 3. The Morgan fingerprint density at radius 3 is 2.45 bits per heavy atom. The second kappa shape index (κ2) is 14.2. The molecule has 2 aliphatic rings. The quantitative estimate of drug-likeness (QED) is 0.116. The molecule has 1 fully saturated rings. The Morgan fingerprint density at radius 2 is 1.73 bits per heavy atom. The smallest absolute Gasteiger partial charge is 0.280 e. The highest BCUT2D eigenvalue weighted by atomic mass is 16.6. The van der Waals surface area contributed by atoms with Crippen molar-refractivity contribution in [2.45, 2.75) is 43.6 Å². The number of aliphatic hydroxyl groups excluding tert-OH is 2. The van der Waals surface area contributed by atoms with E-state index in [2.05, 4.69) is 49.9 Å². The molecular weight excluding hydrogens is 632 g/mol. The van der Waals surface area contributed by atoms with Gasteiger partial charge in [-0.2, -0.15) is 4.98 Å². The topological polar surface area (TPSA) is 182 Å². The van der Waals surface area contributed by atoms with Gasteiger partial charge >= 0.3 is 0 Å². The van der Waals surface area contributed by atoms with Gasteiger partial charge in [-0.3, -0.25) is 29.8 Å². The van der Waals surface area contributed by atoms with Gasteiger partial charge in [0.05, 0.1) is 26.1 Å². The fourth-order valence-corrected chi connectivity index (χ4v) is 6.27. The molecule has 1 saturated heterocycles. The van der Waals surface area contributed by atoms with Crippen LogP contribution in [0.2, 0.25) is 0 Å². The molecule has 5 N–H and O–H groups in total. The molecule has 0 saturated carbocycles. The first kappa shape index (κ1) is 32.4. The van der Waals surface area contributed by atoms with Gasteiger partial charge in [-0.25, -0.2) is 4.98 Å². The first-order valence-corrected chi connectivity index (χ1v) is 16.0. The van der Waals surface area contributed by atoms with E-state index in [1.54, 1.807) is 35.9 Å². The maximum absolute atomic E-state index is 12.8. The van der Waals surface area contributed by atoms with E-state index in [0.717, 1.165) is 22.3 Å². The Balaban J connectivity index is 0.914. The molecule has 0 bridgehead atoms. The molecule has 0 radical (unpaired) electrons. The van der Waals surface area contributed by atoms with E-state index in [4.69, 9.17) is 18.9 Å². The minimum Gasteiger partial charge on any atom is -0.497 e. The minimum atomic E-state index is -1.29. The van der Waals surface area contributed by atoms with Crippen molar-refractivity contribution in [3.05, 3.63) is 101 Å². The van der Waals surface area contributed by atoms with E-state index >= 15 is 0 Å². The SMILES string of the molecule is COc1ccc(OC[C@H]2O[C@@H](n3cnc4c(=O)[nH]c(NC(=O)CCNC(O)OCC5c6ccccc6-c6ccccc65)nc43)CC2O)cc1. The number of hydrogen-bond acceptors (Lipinski definition) is 11. The minimum absolute atomic E-state index is 0.0186. The monoisotopic (exact) mass is 668 g/mol. The molecule has 49 heavy (non-hydrogen) atoms. The van der Waals surface area contributed by atoms with Crippen molar-refractivity contribution in [1.29, 1.82) is 0 Å². The first-order valence-electron chi connectivity index (χ1n) is 16.0. The molecule has 4 atom stereocenters. The van der Waals surface area contributed by atoms with E-state index < -0.39 is 36.3 Å². The van der Waals surface area contributed by atoms with E-state index in [9.17, 15) is 19.8 Å². The molecule has 2 aromatic heterocycles. The Morgan fingerprint density at radius 1 is 1.04 bits per heavy atom.